The Kier molecular flexibility index (Phi) is 6.51. The number of urea groups is 1. The molecule has 1 aliphatic rings. The van der Waals surface area contributed by atoms with Crippen LogP contribution < -0.4 is 10.6 Å². The molecule has 8 nitrogen and oxygen atoms in total. The third-order valence-electron chi connectivity index (χ3n) is 4.16. The van der Waals surface area contributed by atoms with Crippen LogP contribution in [-0.4, -0.2) is 68.3 Å². The first-order valence-corrected chi connectivity index (χ1v) is 9.68. The number of benzene rings is 1. The van der Waals surface area contributed by atoms with E-state index in [1.165, 1.54) is 4.31 Å². The van der Waals surface area contributed by atoms with E-state index < -0.39 is 28.0 Å². The first-order chi connectivity index (χ1) is 11.9. The van der Waals surface area contributed by atoms with E-state index in [9.17, 15) is 18.0 Å². The molecule has 138 valence electrons. The van der Waals surface area contributed by atoms with E-state index in [0.29, 0.717) is 32.7 Å². The van der Waals surface area contributed by atoms with Crippen molar-refractivity contribution in [2.45, 2.75) is 24.8 Å². The average Bonchev–Trinajstić information content (AvgIpc) is 2.62. The minimum Gasteiger partial charge on any atom is -0.338 e. The van der Waals surface area contributed by atoms with Gasteiger partial charge in [0.2, 0.25) is 15.9 Å². The summed E-state index contributed by atoms with van der Waals surface area (Å²) in [6, 6.07) is 7.27. The molecule has 1 aromatic carbocycles. The van der Waals surface area contributed by atoms with Gasteiger partial charge in [0.25, 0.3) is 0 Å². The monoisotopic (exact) mass is 368 g/mol. The predicted octanol–water partition coefficient (Wildman–Crippen LogP) is 0.227. The summed E-state index contributed by atoms with van der Waals surface area (Å²) in [4.78, 5) is 25.6. The molecule has 1 aliphatic heterocycles. The van der Waals surface area contributed by atoms with Crippen molar-refractivity contribution in [1.29, 1.82) is 0 Å². The van der Waals surface area contributed by atoms with Crippen LogP contribution in [0.4, 0.5) is 4.79 Å². The van der Waals surface area contributed by atoms with Gasteiger partial charge >= 0.3 is 6.03 Å². The average molecular weight is 368 g/mol. The van der Waals surface area contributed by atoms with Crippen LogP contribution in [0.2, 0.25) is 0 Å². The zero-order valence-corrected chi connectivity index (χ0v) is 15.3. The van der Waals surface area contributed by atoms with Crippen molar-refractivity contribution in [2.24, 2.45) is 0 Å². The second-order valence-electron chi connectivity index (χ2n) is 5.78. The van der Waals surface area contributed by atoms with Gasteiger partial charge in [0.15, 0.2) is 0 Å². The fraction of sp³-hybridized carbons (Fsp3) is 0.500. The SMILES string of the molecule is CCNC(=O)NC(=O)C(C)N1CCN(S(=O)(=O)c2ccccc2)CC1. The van der Waals surface area contributed by atoms with Crippen molar-refractivity contribution in [3.8, 4) is 0 Å². The number of imide groups is 1. The van der Waals surface area contributed by atoms with Gasteiger partial charge in [-0.25, -0.2) is 13.2 Å². The topological polar surface area (TPSA) is 98.8 Å². The minimum atomic E-state index is -3.52. The standard InChI is InChI=1S/C16H24N4O4S/c1-3-17-16(22)18-15(21)13(2)19-9-11-20(12-10-19)25(23,24)14-7-5-4-6-8-14/h4-8,13H,3,9-12H2,1-2H3,(H2,17,18,21,22). The van der Waals surface area contributed by atoms with Crippen LogP contribution in [0.25, 0.3) is 0 Å². The van der Waals surface area contributed by atoms with Gasteiger partial charge in [0.05, 0.1) is 10.9 Å². The lowest BCUT2D eigenvalue weighted by atomic mass is 10.2. The first kappa shape index (κ1) is 19.4. The van der Waals surface area contributed by atoms with Crippen molar-refractivity contribution in [3.63, 3.8) is 0 Å². The number of rotatable bonds is 5. The zero-order chi connectivity index (χ0) is 18.4. The highest BCUT2D eigenvalue weighted by molar-refractivity contribution is 7.89. The fourth-order valence-electron chi connectivity index (χ4n) is 2.66. The molecule has 0 aliphatic carbocycles. The smallest absolute Gasteiger partial charge is 0.321 e. The highest BCUT2D eigenvalue weighted by Crippen LogP contribution is 2.18. The van der Waals surface area contributed by atoms with Crippen LogP contribution in [0.5, 0.6) is 0 Å². The summed E-state index contributed by atoms with van der Waals surface area (Å²) in [6.07, 6.45) is 0. The van der Waals surface area contributed by atoms with Crippen LogP contribution in [0.1, 0.15) is 13.8 Å². The maximum Gasteiger partial charge on any atom is 0.321 e. The van der Waals surface area contributed by atoms with Gasteiger partial charge < -0.3 is 5.32 Å². The van der Waals surface area contributed by atoms with Crippen LogP contribution >= 0.6 is 0 Å². The zero-order valence-electron chi connectivity index (χ0n) is 14.4. The Bertz CT molecular complexity index is 700. The van der Waals surface area contributed by atoms with Gasteiger partial charge in [0, 0.05) is 32.7 Å². The maximum atomic E-state index is 12.6. The van der Waals surface area contributed by atoms with Crippen LogP contribution in [0.15, 0.2) is 35.2 Å². The third-order valence-corrected chi connectivity index (χ3v) is 6.07. The minimum absolute atomic E-state index is 0.269. The largest absolute Gasteiger partial charge is 0.338 e. The number of carbonyl (C=O) groups excluding carboxylic acids is 2. The van der Waals surface area contributed by atoms with Crippen LogP contribution in [0.3, 0.4) is 0 Å². The summed E-state index contributed by atoms with van der Waals surface area (Å²) >= 11 is 0. The van der Waals surface area contributed by atoms with E-state index >= 15 is 0 Å². The lowest BCUT2D eigenvalue weighted by Gasteiger charge is -2.36. The number of sulfonamides is 1. The molecule has 0 aromatic heterocycles. The van der Waals surface area contributed by atoms with Gasteiger partial charge in [-0.3, -0.25) is 15.0 Å². The van der Waals surface area contributed by atoms with Gasteiger partial charge in [-0.1, -0.05) is 18.2 Å². The summed E-state index contributed by atoms with van der Waals surface area (Å²) in [5.74, 6) is -0.398. The summed E-state index contributed by atoms with van der Waals surface area (Å²) in [7, 11) is -3.52. The molecule has 2 rings (SSSR count). The highest BCUT2D eigenvalue weighted by atomic mass is 32.2. The quantitative estimate of drug-likeness (QED) is 0.775. The molecule has 2 N–H and O–H groups in total. The Morgan fingerprint density at radius 3 is 2.28 bits per heavy atom. The Balaban J connectivity index is 1.93. The van der Waals surface area contributed by atoms with Crippen molar-refractivity contribution in [3.05, 3.63) is 30.3 Å². The van der Waals surface area contributed by atoms with Crippen molar-refractivity contribution in [1.82, 2.24) is 19.8 Å². The molecule has 3 amide bonds. The lowest BCUT2D eigenvalue weighted by Crippen LogP contribution is -2.56. The van der Waals surface area contributed by atoms with Crippen molar-refractivity contribution in [2.75, 3.05) is 32.7 Å². The molecule has 0 saturated carbocycles. The molecule has 0 radical (unpaired) electrons. The number of hydrogen-bond acceptors (Lipinski definition) is 5. The van der Waals surface area contributed by atoms with E-state index in [1.807, 2.05) is 4.90 Å². The molecular formula is C16H24N4O4S. The molecule has 1 saturated heterocycles. The van der Waals surface area contributed by atoms with E-state index in [-0.39, 0.29) is 4.90 Å². The van der Waals surface area contributed by atoms with Gasteiger partial charge in [-0.15, -0.1) is 0 Å². The maximum absolute atomic E-state index is 12.6. The van der Waals surface area contributed by atoms with Crippen LogP contribution in [0, 0.1) is 0 Å². The molecular weight excluding hydrogens is 344 g/mol. The summed E-state index contributed by atoms with van der Waals surface area (Å²) in [6.45, 7) is 5.36. The molecule has 1 heterocycles. The molecule has 1 fully saturated rings. The lowest BCUT2D eigenvalue weighted by molar-refractivity contribution is -0.125. The van der Waals surface area contributed by atoms with Crippen LogP contribution in [-0.2, 0) is 14.8 Å². The Labute approximate surface area is 148 Å². The molecule has 0 bridgehead atoms. The van der Waals surface area contributed by atoms with Gasteiger partial charge in [-0.2, -0.15) is 4.31 Å². The number of amides is 3. The number of hydrogen-bond donors (Lipinski definition) is 2. The molecule has 9 heteroatoms. The highest BCUT2D eigenvalue weighted by Gasteiger charge is 2.32. The molecule has 25 heavy (non-hydrogen) atoms. The normalized spacial score (nSPS) is 17.7. The van der Waals surface area contributed by atoms with Crippen molar-refractivity contribution < 1.29 is 18.0 Å². The number of carbonyl (C=O) groups is 2. The number of nitrogens with zero attached hydrogens (tertiary/aromatic N) is 2. The second-order valence-corrected chi connectivity index (χ2v) is 7.72. The first-order valence-electron chi connectivity index (χ1n) is 8.24. The Morgan fingerprint density at radius 1 is 1.12 bits per heavy atom. The molecule has 1 aromatic rings. The van der Waals surface area contributed by atoms with Crippen molar-refractivity contribution >= 4 is 22.0 Å². The van der Waals surface area contributed by atoms with E-state index in [1.54, 1.807) is 44.2 Å². The fourth-order valence-corrected chi connectivity index (χ4v) is 4.10. The summed E-state index contributed by atoms with van der Waals surface area (Å²) in [5, 5.41) is 4.79. The van der Waals surface area contributed by atoms with E-state index in [0.717, 1.165) is 0 Å². The molecule has 0 spiro atoms. The second kappa shape index (κ2) is 8.41. The molecule has 1 atom stereocenters. The number of nitrogens with one attached hydrogen (secondary N) is 2. The Morgan fingerprint density at radius 2 is 1.72 bits per heavy atom. The third kappa shape index (κ3) is 4.77. The molecule has 1 unspecified atom stereocenters. The van der Waals surface area contributed by atoms with Gasteiger partial charge in [0.1, 0.15) is 0 Å². The summed E-state index contributed by atoms with van der Waals surface area (Å²) in [5.41, 5.74) is 0. The number of piperazine rings is 1. The summed E-state index contributed by atoms with van der Waals surface area (Å²) < 4.78 is 26.6. The van der Waals surface area contributed by atoms with E-state index in [4.69, 9.17) is 0 Å². The Hall–Kier alpha value is -1.97. The van der Waals surface area contributed by atoms with Gasteiger partial charge in [-0.05, 0) is 26.0 Å². The van der Waals surface area contributed by atoms with E-state index in [2.05, 4.69) is 10.6 Å². The predicted molar refractivity (Wildman–Crippen MR) is 93.5 cm³/mol.